The fourth-order valence-corrected chi connectivity index (χ4v) is 2.05. The molecule has 2 rings (SSSR count). The fourth-order valence-electron chi connectivity index (χ4n) is 2.05. The Labute approximate surface area is 128 Å². The Morgan fingerprint density at radius 2 is 2.23 bits per heavy atom. The molecule has 0 bridgehead atoms. The number of carbonyl (C=O) groups is 1. The van der Waals surface area contributed by atoms with Crippen LogP contribution >= 0.6 is 0 Å². The summed E-state index contributed by atoms with van der Waals surface area (Å²) < 4.78 is 10.8. The minimum atomic E-state index is -1.23. The van der Waals surface area contributed by atoms with Crippen LogP contribution in [0.25, 0.3) is 11.2 Å². The first-order valence-electron chi connectivity index (χ1n) is 7.14. The predicted molar refractivity (Wildman–Crippen MR) is 79.8 cm³/mol. The summed E-state index contributed by atoms with van der Waals surface area (Å²) in [7, 11) is 0. The lowest BCUT2D eigenvalue weighted by Crippen LogP contribution is -2.33. The van der Waals surface area contributed by atoms with E-state index in [0.29, 0.717) is 11.2 Å². The van der Waals surface area contributed by atoms with Crippen LogP contribution < -0.4 is 5.73 Å². The average Bonchev–Trinajstić information content (AvgIpc) is 2.85. The first-order valence-corrected chi connectivity index (χ1v) is 7.14. The van der Waals surface area contributed by atoms with E-state index in [0.717, 1.165) is 0 Å². The number of ether oxygens (including phenoxy) is 1. The molecule has 7 heteroatoms. The molecule has 0 radical (unpaired) electrons. The lowest BCUT2D eigenvalue weighted by atomic mass is 9.98. The second-order valence-corrected chi connectivity index (χ2v) is 6.04. The second kappa shape index (κ2) is 6.41. The monoisotopic (exact) mass is 307 g/mol. The lowest BCUT2D eigenvalue weighted by Gasteiger charge is -2.25. The van der Waals surface area contributed by atoms with Crippen molar-refractivity contribution in [3.8, 4) is 0 Å². The Kier molecular flexibility index (Phi) is 4.77. The Bertz CT molecular complexity index is 615. The molecule has 0 saturated carbocycles. The van der Waals surface area contributed by atoms with Crippen molar-refractivity contribution in [1.82, 2.24) is 9.97 Å². The Morgan fingerprint density at radius 1 is 1.50 bits per heavy atom. The topological polar surface area (TPSA) is 111 Å². The number of hydrogen-bond donors (Lipinski definition) is 2. The molecule has 0 spiro atoms. The van der Waals surface area contributed by atoms with Crippen LogP contribution in [0.4, 0.5) is 0 Å². The van der Waals surface area contributed by atoms with Gasteiger partial charge in [-0.2, -0.15) is 4.98 Å². The number of nitrogens with zero attached hydrogens (tertiary/aromatic N) is 2. The van der Waals surface area contributed by atoms with Crippen molar-refractivity contribution in [1.29, 1.82) is 0 Å². The summed E-state index contributed by atoms with van der Waals surface area (Å²) in [6.07, 6.45) is 0.613. The second-order valence-electron chi connectivity index (χ2n) is 6.04. The summed E-state index contributed by atoms with van der Waals surface area (Å²) in [6.45, 7) is 5.53. The normalized spacial score (nSPS) is 14.8. The highest BCUT2D eigenvalue weighted by atomic mass is 16.6. The Balaban J connectivity index is 2.25. The molecule has 2 aromatic heterocycles. The highest BCUT2D eigenvalue weighted by Crippen LogP contribution is 2.28. The number of pyridine rings is 1. The molecule has 0 fully saturated rings. The van der Waals surface area contributed by atoms with Crippen LogP contribution in [0.3, 0.4) is 0 Å². The van der Waals surface area contributed by atoms with E-state index in [4.69, 9.17) is 14.9 Å². The van der Waals surface area contributed by atoms with Crippen LogP contribution in [-0.4, -0.2) is 33.2 Å². The van der Waals surface area contributed by atoms with Gasteiger partial charge >= 0.3 is 5.97 Å². The molecule has 0 amide bonds. The highest BCUT2D eigenvalue weighted by Gasteiger charge is 2.34. The number of oxazole rings is 1. The van der Waals surface area contributed by atoms with Gasteiger partial charge in [-0.3, -0.25) is 4.79 Å². The van der Waals surface area contributed by atoms with Crippen molar-refractivity contribution in [2.75, 3.05) is 6.54 Å². The number of aliphatic hydroxyl groups excluding tert-OH is 1. The van der Waals surface area contributed by atoms with Crippen LogP contribution in [0, 0.1) is 5.92 Å². The van der Waals surface area contributed by atoms with E-state index in [1.54, 1.807) is 39.1 Å². The van der Waals surface area contributed by atoms with Gasteiger partial charge in [0.25, 0.3) is 0 Å². The van der Waals surface area contributed by atoms with Gasteiger partial charge in [-0.25, -0.2) is 4.98 Å². The maximum Gasteiger partial charge on any atom is 0.312 e. The molecular formula is C15H21N3O4. The Hall–Kier alpha value is -1.99. The largest absolute Gasteiger partial charge is 0.460 e. The van der Waals surface area contributed by atoms with Gasteiger partial charge in [-0.05, 0) is 45.9 Å². The van der Waals surface area contributed by atoms with Crippen LogP contribution in [0.15, 0.2) is 22.7 Å². The van der Waals surface area contributed by atoms with E-state index in [9.17, 15) is 9.90 Å². The van der Waals surface area contributed by atoms with Gasteiger partial charge < -0.3 is 20.0 Å². The van der Waals surface area contributed by atoms with E-state index >= 15 is 0 Å². The molecule has 0 aliphatic heterocycles. The fraction of sp³-hybridized carbons (Fsp3) is 0.533. The molecule has 2 heterocycles. The number of hydrogen-bond acceptors (Lipinski definition) is 7. The van der Waals surface area contributed by atoms with Gasteiger partial charge in [0.05, 0.1) is 5.92 Å². The lowest BCUT2D eigenvalue weighted by molar-refractivity contribution is -0.165. The maximum absolute atomic E-state index is 12.3. The van der Waals surface area contributed by atoms with Crippen molar-refractivity contribution >= 4 is 17.2 Å². The number of aliphatic hydroxyl groups is 1. The summed E-state index contributed by atoms with van der Waals surface area (Å²) in [5.41, 5.74) is 5.73. The number of fused-ring (bicyclic) bond motifs is 1. The molecule has 0 aromatic carbocycles. The molecule has 0 saturated heterocycles. The molecule has 3 N–H and O–H groups in total. The molecule has 2 atom stereocenters. The predicted octanol–water partition coefficient (Wildman–Crippen LogP) is 1.56. The summed E-state index contributed by atoms with van der Waals surface area (Å²) in [4.78, 5) is 20.4. The van der Waals surface area contributed by atoms with E-state index in [-0.39, 0.29) is 18.9 Å². The van der Waals surface area contributed by atoms with Gasteiger partial charge in [0.2, 0.25) is 5.89 Å². The van der Waals surface area contributed by atoms with Crippen molar-refractivity contribution in [3.63, 3.8) is 0 Å². The van der Waals surface area contributed by atoms with Crippen molar-refractivity contribution in [2.45, 2.75) is 38.9 Å². The van der Waals surface area contributed by atoms with Gasteiger partial charge in [-0.1, -0.05) is 0 Å². The standard InChI is InChI=1S/C15H21N3O4/c1-15(2,3)22-14(20)9(6-7-16)11(19)13-18-12-10(21-13)5-4-8-17-12/h4-5,8-9,11,19H,6-7,16H2,1-3H3. The third-order valence-electron chi connectivity index (χ3n) is 3.00. The van der Waals surface area contributed by atoms with Crippen molar-refractivity contribution < 1.29 is 19.1 Å². The number of esters is 1. The third kappa shape index (κ3) is 3.80. The number of rotatable bonds is 5. The Morgan fingerprint density at radius 3 is 2.82 bits per heavy atom. The molecule has 7 nitrogen and oxygen atoms in total. The molecule has 22 heavy (non-hydrogen) atoms. The smallest absolute Gasteiger partial charge is 0.312 e. The van der Waals surface area contributed by atoms with Gasteiger partial charge in [0, 0.05) is 6.20 Å². The number of carbonyl (C=O) groups excluding carboxylic acids is 1. The van der Waals surface area contributed by atoms with Crippen LogP contribution in [0.2, 0.25) is 0 Å². The first-order chi connectivity index (χ1) is 10.3. The van der Waals surface area contributed by atoms with Gasteiger partial charge in [0.15, 0.2) is 11.2 Å². The minimum Gasteiger partial charge on any atom is -0.460 e. The van der Waals surface area contributed by atoms with Crippen molar-refractivity contribution in [3.05, 3.63) is 24.2 Å². The summed E-state index contributed by atoms with van der Waals surface area (Å²) in [6, 6.07) is 3.39. The SMILES string of the molecule is CC(C)(C)OC(=O)C(CCN)C(O)c1nc2ncccc2o1. The number of aromatic nitrogens is 2. The van der Waals surface area contributed by atoms with E-state index < -0.39 is 23.6 Å². The summed E-state index contributed by atoms with van der Waals surface area (Å²) in [5.74, 6) is -1.32. The molecular weight excluding hydrogens is 286 g/mol. The van der Waals surface area contributed by atoms with E-state index in [1.807, 2.05) is 0 Å². The van der Waals surface area contributed by atoms with E-state index in [1.165, 1.54) is 0 Å². The van der Waals surface area contributed by atoms with Crippen LogP contribution in [0.5, 0.6) is 0 Å². The molecule has 2 unspecified atom stereocenters. The zero-order chi connectivity index (χ0) is 16.3. The van der Waals surface area contributed by atoms with Gasteiger partial charge in [0.1, 0.15) is 11.7 Å². The molecule has 2 aromatic rings. The zero-order valence-corrected chi connectivity index (χ0v) is 12.9. The number of nitrogens with two attached hydrogens (primary N) is 1. The quantitative estimate of drug-likeness (QED) is 0.806. The van der Waals surface area contributed by atoms with Crippen LogP contribution in [0.1, 0.15) is 39.2 Å². The summed E-state index contributed by atoms with van der Waals surface area (Å²) >= 11 is 0. The van der Waals surface area contributed by atoms with Crippen LogP contribution in [-0.2, 0) is 9.53 Å². The molecule has 120 valence electrons. The molecule has 0 aliphatic carbocycles. The summed E-state index contributed by atoms with van der Waals surface area (Å²) in [5, 5.41) is 10.4. The van der Waals surface area contributed by atoms with Crippen molar-refractivity contribution in [2.24, 2.45) is 11.7 Å². The average molecular weight is 307 g/mol. The molecule has 0 aliphatic rings. The third-order valence-corrected chi connectivity index (χ3v) is 3.00. The maximum atomic E-state index is 12.3. The van der Waals surface area contributed by atoms with Gasteiger partial charge in [-0.15, -0.1) is 0 Å². The highest BCUT2D eigenvalue weighted by molar-refractivity contribution is 5.74. The first kappa shape index (κ1) is 16.4. The zero-order valence-electron chi connectivity index (χ0n) is 12.9. The minimum absolute atomic E-state index is 0.0398. The van der Waals surface area contributed by atoms with E-state index in [2.05, 4.69) is 9.97 Å².